The van der Waals surface area contributed by atoms with Gasteiger partial charge in [-0.15, -0.1) is 12.4 Å². The molecule has 1 amide bonds. The van der Waals surface area contributed by atoms with Crippen molar-refractivity contribution in [1.29, 1.82) is 0 Å². The lowest BCUT2D eigenvalue weighted by Crippen LogP contribution is -2.49. The predicted molar refractivity (Wildman–Crippen MR) is 95.6 cm³/mol. The highest BCUT2D eigenvalue weighted by atomic mass is 35.5. The summed E-state index contributed by atoms with van der Waals surface area (Å²) in [5.41, 5.74) is 0.625. The van der Waals surface area contributed by atoms with Crippen LogP contribution in [0.5, 0.6) is 5.75 Å². The number of nitrogens with zero attached hydrogens (tertiary/aromatic N) is 1. The van der Waals surface area contributed by atoms with Crippen molar-refractivity contribution in [2.75, 3.05) is 14.2 Å². The SMILES string of the molecule is CCCC(NC(C)C(=O)N(C)Cc1ccc(OC)c(F)c1)C(=O)O.Cl. The molecule has 1 aromatic carbocycles. The van der Waals surface area contributed by atoms with Crippen molar-refractivity contribution in [3.05, 3.63) is 29.6 Å². The van der Waals surface area contributed by atoms with Crippen molar-refractivity contribution in [1.82, 2.24) is 10.2 Å². The van der Waals surface area contributed by atoms with Crippen LogP contribution in [-0.2, 0) is 16.1 Å². The zero-order valence-corrected chi connectivity index (χ0v) is 15.7. The van der Waals surface area contributed by atoms with E-state index >= 15 is 0 Å². The van der Waals surface area contributed by atoms with Crippen molar-refractivity contribution in [3.8, 4) is 5.75 Å². The molecule has 25 heavy (non-hydrogen) atoms. The Morgan fingerprint density at radius 2 is 2.04 bits per heavy atom. The third-order valence-electron chi connectivity index (χ3n) is 3.71. The molecule has 2 N–H and O–H groups in total. The third kappa shape index (κ3) is 6.88. The van der Waals surface area contributed by atoms with E-state index in [4.69, 9.17) is 9.84 Å². The minimum absolute atomic E-state index is 0. The number of methoxy groups -OCH3 is 1. The molecule has 2 atom stereocenters. The predicted octanol–water partition coefficient (Wildman–Crippen LogP) is 2.45. The molecular formula is C17H26ClFN2O4. The maximum Gasteiger partial charge on any atom is 0.320 e. The van der Waals surface area contributed by atoms with E-state index in [1.54, 1.807) is 20.0 Å². The van der Waals surface area contributed by atoms with Gasteiger partial charge in [0.2, 0.25) is 5.91 Å². The number of hydrogen-bond donors (Lipinski definition) is 2. The van der Waals surface area contributed by atoms with Crippen LogP contribution in [0.3, 0.4) is 0 Å². The van der Waals surface area contributed by atoms with Crippen LogP contribution < -0.4 is 10.1 Å². The Bertz CT molecular complexity index is 586. The molecule has 0 aliphatic carbocycles. The first-order chi connectivity index (χ1) is 11.3. The number of hydrogen-bond acceptors (Lipinski definition) is 4. The molecule has 0 radical (unpaired) electrons. The Hall–Kier alpha value is -1.86. The number of halogens is 2. The minimum atomic E-state index is -0.976. The first-order valence-electron chi connectivity index (χ1n) is 7.86. The Labute approximate surface area is 153 Å². The van der Waals surface area contributed by atoms with Crippen LogP contribution in [0, 0.1) is 5.82 Å². The molecule has 1 aromatic rings. The molecule has 6 nitrogen and oxygen atoms in total. The number of aliphatic carboxylic acids is 1. The molecule has 0 saturated carbocycles. The number of rotatable bonds is 9. The second-order valence-corrected chi connectivity index (χ2v) is 5.73. The molecule has 2 unspecified atom stereocenters. The van der Waals surface area contributed by atoms with E-state index in [9.17, 15) is 14.0 Å². The molecule has 0 aliphatic rings. The van der Waals surface area contributed by atoms with Gasteiger partial charge in [0.25, 0.3) is 0 Å². The summed E-state index contributed by atoms with van der Waals surface area (Å²) in [5.74, 6) is -1.58. The highest BCUT2D eigenvalue weighted by Gasteiger charge is 2.24. The number of ether oxygens (including phenoxy) is 1. The topological polar surface area (TPSA) is 78.9 Å². The maximum absolute atomic E-state index is 13.7. The van der Waals surface area contributed by atoms with Crippen LogP contribution in [0.4, 0.5) is 4.39 Å². The zero-order valence-electron chi connectivity index (χ0n) is 14.9. The summed E-state index contributed by atoms with van der Waals surface area (Å²) in [6, 6.07) is 3.09. The van der Waals surface area contributed by atoms with Gasteiger partial charge in [-0.1, -0.05) is 19.4 Å². The Balaban J connectivity index is 0.00000576. The van der Waals surface area contributed by atoms with E-state index in [0.717, 1.165) is 0 Å². The van der Waals surface area contributed by atoms with Gasteiger partial charge >= 0.3 is 5.97 Å². The molecule has 0 bridgehead atoms. The number of amides is 1. The first kappa shape index (κ1) is 23.1. The second-order valence-electron chi connectivity index (χ2n) is 5.73. The highest BCUT2D eigenvalue weighted by molar-refractivity contribution is 5.85. The van der Waals surface area contributed by atoms with Gasteiger partial charge in [-0.2, -0.15) is 0 Å². The maximum atomic E-state index is 13.7. The molecule has 0 spiro atoms. The van der Waals surface area contributed by atoms with E-state index < -0.39 is 23.9 Å². The van der Waals surface area contributed by atoms with Gasteiger partial charge in [0, 0.05) is 13.6 Å². The average Bonchev–Trinajstić information content (AvgIpc) is 2.53. The van der Waals surface area contributed by atoms with Crippen molar-refractivity contribution < 1.29 is 23.8 Å². The van der Waals surface area contributed by atoms with Crippen molar-refractivity contribution in [2.24, 2.45) is 0 Å². The standard InChI is InChI=1S/C17H25FN2O4.ClH/c1-5-6-14(17(22)23)19-11(2)16(21)20(3)10-12-7-8-15(24-4)13(18)9-12;/h7-9,11,14,19H,5-6,10H2,1-4H3,(H,22,23);1H. The summed E-state index contributed by atoms with van der Waals surface area (Å²) in [6.45, 7) is 3.73. The summed E-state index contributed by atoms with van der Waals surface area (Å²) < 4.78 is 18.6. The van der Waals surface area contributed by atoms with Crippen molar-refractivity contribution >= 4 is 24.3 Å². The van der Waals surface area contributed by atoms with E-state index in [2.05, 4.69) is 5.32 Å². The second kappa shape index (κ2) is 10.9. The molecule has 8 heteroatoms. The summed E-state index contributed by atoms with van der Waals surface area (Å²) in [4.78, 5) is 25.0. The van der Waals surface area contributed by atoms with Gasteiger partial charge in [0.15, 0.2) is 11.6 Å². The van der Waals surface area contributed by atoms with Crippen LogP contribution in [-0.4, -0.2) is 48.1 Å². The number of nitrogens with one attached hydrogen (secondary N) is 1. The minimum Gasteiger partial charge on any atom is -0.494 e. The molecule has 0 aliphatic heterocycles. The van der Waals surface area contributed by atoms with Crippen LogP contribution in [0.15, 0.2) is 18.2 Å². The third-order valence-corrected chi connectivity index (χ3v) is 3.71. The van der Waals surface area contributed by atoms with Gasteiger partial charge < -0.3 is 14.7 Å². The number of carboxylic acids is 1. The van der Waals surface area contributed by atoms with Gasteiger partial charge in [0.05, 0.1) is 13.2 Å². The molecule has 0 heterocycles. The molecule has 0 aromatic heterocycles. The quantitative estimate of drug-likeness (QED) is 0.692. The highest BCUT2D eigenvalue weighted by Crippen LogP contribution is 2.18. The average molecular weight is 377 g/mol. The van der Waals surface area contributed by atoms with Gasteiger partial charge in [-0.3, -0.25) is 14.9 Å². The fourth-order valence-corrected chi connectivity index (χ4v) is 2.43. The number of likely N-dealkylation sites (N-methyl/N-ethyl adjacent to an activating group) is 1. The van der Waals surface area contributed by atoms with E-state index in [-0.39, 0.29) is 30.6 Å². The number of carbonyl (C=O) groups excluding carboxylic acids is 1. The summed E-state index contributed by atoms with van der Waals surface area (Å²) in [6.07, 6.45) is 1.15. The van der Waals surface area contributed by atoms with E-state index in [0.29, 0.717) is 18.4 Å². The van der Waals surface area contributed by atoms with E-state index in [1.165, 1.54) is 24.1 Å². The fraction of sp³-hybridized carbons (Fsp3) is 0.529. The van der Waals surface area contributed by atoms with Gasteiger partial charge in [-0.25, -0.2) is 4.39 Å². The molecule has 1 rings (SSSR count). The lowest BCUT2D eigenvalue weighted by atomic mass is 10.1. The lowest BCUT2D eigenvalue weighted by Gasteiger charge is -2.24. The molecule has 0 fully saturated rings. The van der Waals surface area contributed by atoms with Gasteiger partial charge in [0.1, 0.15) is 6.04 Å². The van der Waals surface area contributed by atoms with Crippen LogP contribution >= 0.6 is 12.4 Å². The summed E-state index contributed by atoms with van der Waals surface area (Å²) in [7, 11) is 2.98. The van der Waals surface area contributed by atoms with Crippen LogP contribution in [0.2, 0.25) is 0 Å². The fourth-order valence-electron chi connectivity index (χ4n) is 2.43. The van der Waals surface area contributed by atoms with Crippen LogP contribution in [0.25, 0.3) is 0 Å². The van der Waals surface area contributed by atoms with Crippen LogP contribution in [0.1, 0.15) is 32.3 Å². The first-order valence-corrected chi connectivity index (χ1v) is 7.86. The van der Waals surface area contributed by atoms with E-state index in [1.807, 2.05) is 6.92 Å². The number of benzene rings is 1. The molecule has 142 valence electrons. The Morgan fingerprint density at radius 3 is 2.52 bits per heavy atom. The largest absolute Gasteiger partial charge is 0.494 e. The van der Waals surface area contributed by atoms with Gasteiger partial charge in [-0.05, 0) is 31.0 Å². The number of carbonyl (C=O) groups is 2. The van der Waals surface area contributed by atoms with Crippen molar-refractivity contribution in [3.63, 3.8) is 0 Å². The number of carboxylic acid groups (broad SMARTS) is 1. The molecule has 0 saturated heterocycles. The Morgan fingerprint density at radius 1 is 1.40 bits per heavy atom. The molecular weight excluding hydrogens is 351 g/mol. The smallest absolute Gasteiger partial charge is 0.320 e. The Kier molecular flexibility index (Phi) is 10.1. The normalized spacial score (nSPS) is 12.7. The summed E-state index contributed by atoms with van der Waals surface area (Å²) in [5, 5.41) is 12.0. The lowest BCUT2D eigenvalue weighted by molar-refractivity contribution is -0.140. The van der Waals surface area contributed by atoms with Crippen molar-refractivity contribution in [2.45, 2.75) is 45.3 Å². The monoisotopic (exact) mass is 376 g/mol. The summed E-state index contributed by atoms with van der Waals surface area (Å²) >= 11 is 0. The zero-order chi connectivity index (χ0) is 18.3.